The van der Waals surface area contributed by atoms with Crippen LogP contribution in [0.25, 0.3) is 11.6 Å². The summed E-state index contributed by atoms with van der Waals surface area (Å²) < 4.78 is 0. The Hall–Kier alpha value is -2.95. The number of rotatable bonds is 5. The van der Waals surface area contributed by atoms with Crippen LogP contribution in [0.3, 0.4) is 0 Å². The first kappa shape index (κ1) is 17.5. The third-order valence-corrected chi connectivity index (χ3v) is 5.70. The molecule has 0 aromatic heterocycles. The Bertz CT molecular complexity index is 961. The highest BCUT2D eigenvalue weighted by Crippen LogP contribution is 2.26. The summed E-state index contributed by atoms with van der Waals surface area (Å²) in [6.07, 6.45) is 2.28. The van der Waals surface area contributed by atoms with Crippen LogP contribution < -0.4 is 10.6 Å². The van der Waals surface area contributed by atoms with Crippen LogP contribution in [-0.2, 0) is 0 Å². The van der Waals surface area contributed by atoms with E-state index in [0.717, 1.165) is 0 Å². The lowest BCUT2D eigenvalue weighted by molar-refractivity contribution is 1.55. The largest absolute Gasteiger partial charge is 0.0622 e. The Morgan fingerprint density at radius 2 is 0.926 bits per heavy atom. The highest BCUT2D eigenvalue weighted by atomic mass is 31.1. The summed E-state index contributed by atoms with van der Waals surface area (Å²) in [6, 6.07) is 40.7. The fraction of sp³-hybridized carbons (Fsp3) is 0. The van der Waals surface area contributed by atoms with Crippen LogP contribution in [0.5, 0.6) is 0 Å². The molecule has 0 aliphatic rings. The lowest BCUT2D eigenvalue weighted by Gasteiger charge is -2.09. The van der Waals surface area contributed by atoms with Crippen molar-refractivity contribution in [2.24, 2.45) is 0 Å². The van der Waals surface area contributed by atoms with Crippen LogP contribution in [0, 0.1) is 0 Å². The normalized spacial score (nSPS) is 10.8. The summed E-state index contributed by atoms with van der Waals surface area (Å²) in [6.45, 7) is 0. The van der Waals surface area contributed by atoms with Crippen molar-refractivity contribution in [3.05, 3.63) is 132 Å². The van der Waals surface area contributed by atoms with E-state index in [-0.39, 0.29) is 0 Å². The molecule has 0 fully saturated rings. The molecule has 1 atom stereocenters. The second-order valence-corrected chi connectivity index (χ2v) is 7.81. The number of hydrogen-bond acceptors (Lipinski definition) is 0. The van der Waals surface area contributed by atoms with Crippen LogP contribution >= 0.6 is 8.58 Å². The molecule has 4 rings (SSSR count). The Balaban J connectivity index is 1.64. The van der Waals surface area contributed by atoms with E-state index >= 15 is 0 Å². The second-order valence-electron chi connectivity index (χ2n) is 6.40. The maximum Gasteiger partial charge on any atom is -0.0105 e. The summed E-state index contributed by atoms with van der Waals surface area (Å²) in [5.74, 6) is 0. The van der Waals surface area contributed by atoms with Crippen molar-refractivity contribution in [3.63, 3.8) is 0 Å². The average Bonchev–Trinajstić information content (AvgIpc) is 2.75. The Labute approximate surface area is 163 Å². The quantitative estimate of drug-likeness (QED) is 0.305. The predicted octanol–water partition coefficient (Wildman–Crippen LogP) is 5.90. The highest BCUT2D eigenvalue weighted by molar-refractivity contribution is 7.55. The van der Waals surface area contributed by atoms with E-state index in [1.165, 1.54) is 32.9 Å². The van der Waals surface area contributed by atoms with Gasteiger partial charge in [0.25, 0.3) is 0 Å². The van der Waals surface area contributed by atoms with Gasteiger partial charge in [-0.2, -0.15) is 0 Å². The van der Waals surface area contributed by atoms with Crippen molar-refractivity contribution in [2.75, 3.05) is 0 Å². The molecule has 27 heavy (non-hydrogen) atoms. The maximum atomic E-state index is 2.28. The molecule has 1 unspecified atom stereocenters. The molecule has 4 aromatic rings. The molecule has 130 valence electrons. The minimum absolute atomic E-state index is 0.694. The van der Waals surface area contributed by atoms with E-state index in [4.69, 9.17) is 0 Å². The van der Waals surface area contributed by atoms with Crippen molar-refractivity contribution < 1.29 is 0 Å². The van der Waals surface area contributed by atoms with Gasteiger partial charge < -0.3 is 0 Å². The van der Waals surface area contributed by atoms with Gasteiger partial charge in [0, 0.05) is 0 Å². The van der Waals surface area contributed by atoms with Crippen LogP contribution in [0.15, 0.2) is 115 Å². The van der Waals surface area contributed by atoms with Crippen molar-refractivity contribution in [3.8, 4) is 0 Å². The summed E-state index contributed by atoms with van der Waals surface area (Å²) in [7, 11) is 0.694. The molecule has 0 heterocycles. The average molecular weight is 364 g/mol. The van der Waals surface area contributed by atoms with Crippen molar-refractivity contribution in [2.45, 2.75) is 0 Å². The molecule has 0 bridgehead atoms. The van der Waals surface area contributed by atoms with Crippen LogP contribution in [0.2, 0.25) is 0 Å². The van der Waals surface area contributed by atoms with Gasteiger partial charge in [-0.15, -0.1) is 0 Å². The van der Waals surface area contributed by atoms with Crippen molar-refractivity contribution in [1.29, 1.82) is 0 Å². The van der Waals surface area contributed by atoms with E-state index in [0.29, 0.717) is 8.58 Å². The molecular formula is C26H21P. The van der Waals surface area contributed by atoms with Gasteiger partial charge in [-0.05, 0) is 38.9 Å². The zero-order valence-corrected chi connectivity index (χ0v) is 16.0. The molecule has 0 spiro atoms. The third kappa shape index (κ3) is 4.61. The first-order chi connectivity index (χ1) is 13.4. The first-order valence-electron chi connectivity index (χ1n) is 9.13. The fourth-order valence-corrected chi connectivity index (χ4v) is 4.11. The molecular weight excluding hydrogens is 343 g/mol. The zero-order valence-electron chi connectivity index (χ0n) is 15.0. The Kier molecular flexibility index (Phi) is 5.58. The van der Waals surface area contributed by atoms with Gasteiger partial charge in [0.05, 0.1) is 0 Å². The number of hydrogen-bond donors (Lipinski definition) is 0. The first-order valence-corrected chi connectivity index (χ1v) is 10.1. The molecule has 0 amide bonds. The molecule has 0 saturated heterocycles. The van der Waals surface area contributed by atoms with Gasteiger partial charge in [-0.25, -0.2) is 0 Å². The fourth-order valence-electron chi connectivity index (χ4n) is 3.09. The highest BCUT2D eigenvalue weighted by Gasteiger charge is 2.05. The third-order valence-electron chi connectivity index (χ3n) is 4.45. The van der Waals surface area contributed by atoms with E-state index < -0.39 is 0 Å². The monoisotopic (exact) mass is 364 g/mol. The summed E-state index contributed by atoms with van der Waals surface area (Å²) in [5, 5.41) is 2.73. The Morgan fingerprint density at radius 1 is 0.481 bits per heavy atom. The summed E-state index contributed by atoms with van der Waals surface area (Å²) in [5.41, 5.74) is 4.94. The molecule has 0 aliphatic heterocycles. The molecule has 4 aromatic carbocycles. The van der Waals surface area contributed by atoms with Crippen LogP contribution in [-0.4, -0.2) is 0 Å². The smallest absolute Gasteiger partial charge is 0.0105 e. The Morgan fingerprint density at radius 3 is 1.44 bits per heavy atom. The minimum atomic E-state index is 0.694. The van der Waals surface area contributed by atoms with Gasteiger partial charge in [0.15, 0.2) is 0 Å². The van der Waals surface area contributed by atoms with E-state index in [1.807, 2.05) is 0 Å². The van der Waals surface area contributed by atoms with Gasteiger partial charge in [0.1, 0.15) is 0 Å². The van der Waals surface area contributed by atoms with Crippen LogP contribution in [0.4, 0.5) is 0 Å². The van der Waals surface area contributed by atoms with E-state index in [9.17, 15) is 0 Å². The van der Waals surface area contributed by atoms with Crippen molar-refractivity contribution in [1.82, 2.24) is 0 Å². The second kappa shape index (κ2) is 8.62. The predicted molar refractivity (Wildman–Crippen MR) is 120 cm³/mol. The molecule has 0 saturated carbocycles. The summed E-state index contributed by atoms with van der Waals surface area (Å²) in [4.78, 5) is 0. The minimum Gasteiger partial charge on any atom is -0.0622 e. The maximum absolute atomic E-state index is 2.28. The number of benzene rings is 4. The summed E-state index contributed by atoms with van der Waals surface area (Å²) >= 11 is 0. The molecule has 0 aliphatic carbocycles. The molecule has 0 radical (unpaired) electrons. The van der Waals surface area contributed by atoms with Gasteiger partial charge in [0.2, 0.25) is 0 Å². The molecule has 1 heteroatoms. The molecule has 0 nitrogen and oxygen atoms in total. The van der Waals surface area contributed by atoms with E-state index in [1.54, 1.807) is 0 Å². The van der Waals surface area contributed by atoms with Gasteiger partial charge in [-0.1, -0.05) is 124 Å². The van der Waals surface area contributed by atoms with Crippen LogP contribution in [0.1, 0.15) is 16.7 Å². The SMILES string of the molecule is C(=C(c1ccccc1)c1ccccc1)c1ccc(Pc2ccccc2)cc1. The van der Waals surface area contributed by atoms with Gasteiger partial charge >= 0.3 is 0 Å². The van der Waals surface area contributed by atoms with E-state index in [2.05, 4.69) is 121 Å². The lowest BCUT2D eigenvalue weighted by atomic mass is 9.96. The lowest BCUT2D eigenvalue weighted by Crippen LogP contribution is -2.02. The standard InChI is InChI=1S/C26H21P/c1-4-10-22(11-5-1)26(23-12-6-2-7-13-23)20-21-16-18-25(19-17-21)27-24-14-8-3-9-15-24/h1-20,27H. The molecule has 0 N–H and O–H groups in total. The zero-order chi connectivity index (χ0) is 18.3. The topological polar surface area (TPSA) is 0 Å². The van der Waals surface area contributed by atoms with Gasteiger partial charge in [-0.3, -0.25) is 0 Å². The van der Waals surface area contributed by atoms with Crippen molar-refractivity contribution >= 4 is 30.8 Å².